The molecule has 110 valence electrons. The van der Waals surface area contributed by atoms with Gasteiger partial charge in [0.15, 0.2) is 12.2 Å². The fourth-order valence-corrected chi connectivity index (χ4v) is 2.95. The highest BCUT2D eigenvalue weighted by molar-refractivity contribution is 5.95. The molecule has 4 nitrogen and oxygen atoms in total. The van der Waals surface area contributed by atoms with E-state index < -0.39 is 0 Å². The van der Waals surface area contributed by atoms with Crippen LogP contribution in [0, 0.1) is 0 Å². The van der Waals surface area contributed by atoms with Crippen molar-refractivity contribution in [1.82, 2.24) is 10.3 Å². The number of carbonyl (C=O) groups is 1. The van der Waals surface area contributed by atoms with E-state index in [0.717, 1.165) is 18.4 Å². The molecule has 1 aliphatic rings. The number of oxazole rings is 1. The molecular formula is C17H20N2O2. The van der Waals surface area contributed by atoms with Gasteiger partial charge >= 0.3 is 0 Å². The van der Waals surface area contributed by atoms with Gasteiger partial charge in [-0.15, -0.1) is 0 Å². The summed E-state index contributed by atoms with van der Waals surface area (Å²) in [5.41, 5.74) is 1.55. The lowest BCUT2D eigenvalue weighted by Gasteiger charge is -2.34. The third kappa shape index (κ3) is 3.15. The van der Waals surface area contributed by atoms with E-state index >= 15 is 0 Å². The predicted molar refractivity (Wildman–Crippen MR) is 80.9 cm³/mol. The highest BCUT2D eigenvalue weighted by Gasteiger charge is 2.28. The van der Waals surface area contributed by atoms with Crippen LogP contribution < -0.4 is 5.32 Å². The van der Waals surface area contributed by atoms with Gasteiger partial charge in [-0.1, -0.05) is 31.4 Å². The van der Waals surface area contributed by atoms with Gasteiger partial charge in [0.1, 0.15) is 0 Å². The van der Waals surface area contributed by atoms with Gasteiger partial charge in [-0.25, -0.2) is 4.98 Å². The summed E-state index contributed by atoms with van der Waals surface area (Å²) in [5.74, 6) is 0.713. The van der Waals surface area contributed by atoms with Crippen LogP contribution in [0.1, 0.15) is 49.4 Å². The zero-order valence-electron chi connectivity index (χ0n) is 12.3. The summed E-state index contributed by atoms with van der Waals surface area (Å²) in [6.45, 7) is 2.15. The van der Waals surface area contributed by atoms with Crippen molar-refractivity contribution in [2.75, 3.05) is 0 Å². The van der Waals surface area contributed by atoms with E-state index in [-0.39, 0.29) is 11.4 Å². The maximum Gasteiger partial charge on any atom is 0.251 e. The molecule has 3 rings (SSSR count). The third-order valence-electron chi connectivity index (χ3n) is 4.24. The number of nitrogens with zero attached hydrogens (tertiary/aromatic N) is 1. The maximum absolute atomic E-state index is 12.4. The molecule has 4 heteroatoms. The first kappa shape index (κ1) is 13.9. The standard InChI is InChI=1S/C17H20N2O2/c1-17(9-3-2-4-10-17)19-16(20)14-7-5-13(6-8-14)15-11-18-12-21-15/h5-8,11-12H,2-4,9-10H2,1H3,(H,19,20). The van der Waals surface area contributed by atoms with Crippen molar-refractivity contribution in [2.24, 2.45) is 0 Å². The summed E-state index contributed by atoms with van der Waals surface area (Å²) in [7, 11) is 0. The van der Waals surface area contributed by atoms with Gasteiger partial charge in [-0.3, -0.25) is 4.79 Å². The molecule has 2 aromatic rings. The van der Waals surface area contributed by atoms with Crippen molar-refractivity contribution in [3.05, 3.63) is 42.4 Å². The molecule has 0 radical (unpaired) electrons. The normalized spacial score (nSPS) is 17.4. The van der Waals surface area contributed by atoms with E-state index in [0.29, 0.717) is 11.3 Å². The van der Waals surface area contributed by atoms with Crippen LogP contribution in [0.5, 0.6) is 0 Å². The first-order valence-corrected chi connectivity index (χ1v) is 7.48. The summed E-state index contributed by atoms with van der Waals surface area (Å²) in [5, 5.41) is 3.19. The first-order valence-electron chi connectivity index (χ1n) is 7.48. The average molecular weight is 284 g/mol. The van der Waals surface area contributed by atoms with Crippen molar-refractivity contribution >= 4 is 5.91 Å². The van der Waals surface area contributed by atoms with Crippen LogP contribution in [0.3, 0.4) is 0 Å². The Morgan fingerprint density at radius 3 is 2.52 bits per heavy atom. The Labute approximate surface area is 124 Å². The van der Waals surface area contributed by atoms with Gasteiger partial charge in [0.25, 0.3) is 5.91 Å². The third-order valence-corrected chi connectivity index (χ3v) is 4.24. The fourth-order valence-electron chi connectivity index (χ4n) is 2.95. The Morgan fingerprint density at radius 2 is 1.90 bits per heavy atom. The smallest absolute Gasteiger partial charge is 0.251 e. The van der Waals surface area contributed by atoms with Gasteiger partial charge < -0.3 is 9.73 Å². The lowest BCUT2D eigenvalue weighted by atomic mass is 9.83. The molecule has 0 bridgehead atoms. The molecule has 1 amide bonds. The van der Waals surface area contributed by atoms with Gasteiger partial charge in [0.2, 0.25) is 0 Å². The fraction of sp³-hybridized carbons (Fsp3) is 0.412. The highest BCUT2D eigenvalue weighted by Crippen LogP contribution is 2.28. The first-order chi connectivity index (χ1) is 10.2. The largest absolute Gasteiger partial charge is 0.444 e. The Bertz CT molecular complexity index is 596. The molecule has 1 fully saturated rings. The molecule has 1 aliphatic carbocycles. The van der Waals surface area contributed by atoms with Crippen molar-refractivity contribution < 1.29 is 9.21 Å². The summed E-state index contributed by atoms with van der Waals surface area (Å²) in [6.07, 6.45) is 8.86. The average Bonchev–Trinajstić information content (AvgIpc) is 3.02. The van der Waals surface area contributed by atoms with E-state index in [9.17, 15) is 4.79 Å². The van der Waals surface area contributed by atoms with Crippen LogP contribution >= 0.6 is 0 Å². The second kappa shape index (κ2) is 5.72. The van der Waals surface area contributed by atoms with E-state index in [1.807, 2.05) is 24.3 Å². The number of carbonyl (C=O) groups excluding carboxylic acids is 1. The summed E-state index contributed by atoms with van der Waals surface area (Å²) >= 11 is 0. The molecule has 1 aromatic heterocycles. The Hall–Kier alpha value is -2.10. The lowest BCUT2D eigenvalue weighted by Crippen LogP contribution is -2.47. The summed E-state index contributed by atoms with van der Waals surface area (Å²) in [6, 6.07) is 7.44. The zero-order chi connectivity index (χ0) is 14.7. The molecule has 0 atom stereocenters. The molecule has 0 aliphatic heterocycles. The Morgan fingerprint density at radius 1 is 1.19 bits per heavy atom. The molecule has 21 heavy (non-hydrogen) atoms. The van der Waals surface area contributed by atoms with E-state index in [1.54, 1.807) is 6.20 Å². The second-order valence-electron chi connectivity index (χ2n) is 6.02. The number of aromatic nitrogens is 1. The molecule has 0 spiro atoms. The van der Waals surface area contributed by atoms with Crippen LogP contribution in [0.4, 0.5) is 0 Å². The van der Waals surface area contributed by atoms with Crippen LogP contribution in [0.15, 0.2) is 41.3 Å². The minimum atomic E-state index is -0.0566. The van der Waals surface area contributed by atoms with Crippen LogP contribution in [0.25, 0.3) is 11.3 Å². The zero-order valence-corrected chi connectivity index (χ0v) is 12.3. The van der Waals surface area contributed by atoms with E-state index in [2.05, 4.69) is 17.2 Å². The SMILES string of the molecule is CC1(NC(=O)c2ccc(-c3cnco3)cc2)CCCCC1. The second-order valence-corrected chi connectivity index (χ2v) is 6.02. The lowest BCUT2D eigenvalue weighted by molar-refractivity contribution is 0.0882. The number of hydrogen-bond donors (Lipinski definition) is 1. The van der Waals surface area contributed by atoms with Crippen molar-refractivity contribution in [3.8, 4) is 11.3 Å². The maximum atomic E-state index is 12.4. The Balaban J connectivity index is 1.70. The number of nitrogens with one attached hydrogen (secondary N) is 1. The van der Waals surface area contributed by atoms with Crippen molar-refractivity contribution in [2.45, 2.75) is 44.6 Å². The molecule has 0 saturated heterocycles. The quantitative estimate of drug-likeness (QED) is 0.932. The molecule has 1 saturated carbocycles. The van der Waals surface area contributed by atoms with Crippen LogP contribution in [0.2, 0.25) is 0 Å². The highest BCUT2D eigenvalue weighted by atomic mass is 16.3. The van der Waals surface area contributed by atoms with Gasteiger partial charge in [-0.05, 0) is 31.9 Å². The van der Waals surface area contributed by atoms with E-state index in [4.69, 9.17) is 4.42 Å². The topological polar surface area (TPSA) is 55.1 Å². The van der Waals surface area contributed by atoms with E-state index in [1.165, 1.54) is 25.7 Å². The number of hydrogen-bond acceptors (Lipinski definition) is 3. The minimum Gasteiger partial charge on any atom is -0.444 e. The van der Waals surface area contributed by atoms with Crippen molar-refractivity contribution in [3.63, 3.8) is 0 Å². The number of rotatable bonds is 3. The molecule has 1 aromatic carbocycles. The molecular weight excluding hydrogens is 264 g/mol. The molecule has 1 heterocycles. The molecule has 1 N–H and O–H groups in total. The summed E-state index contributed by atoms with van der Waals surface area (Å²) < 4.78 is 5.25. The van der Waals surface area contributed by atoms with Crippen LogP contribution in [-0.4, -0.2) is 16.4 Å². The minimum absolute atomic E-state index is 0.00326. The van der Waals surface area contributed by atoms with Gasteiger partial charge in [0.05, 0.1) is 6.20 Å². The van der Waals surface area contributed by atoms with Crippen molar-refractivity contribution in [1.29, 1.82) is 0 Å². The predicted octanol–water partition coefficient (Wildman–Crippen LogP) is 3.79. The monoisotopic (exact) mass is 284 g/mol. The van der Waals surface area contributed by atoms with Gasteiger partial charge in [0, 0.05) is 16.7 Å². The number of amides is 1. The Kier molecular flexibility index (Phi) is 3.78. The summed E-state index contributed by atoms with van der Waals surface area (Å²) in [4.78, 5) is 16.3. The van der Waals surface area contributed by atoms with Gasteiger partial charge in [-0.2, -0.15) is 0 Å². The van der Waals surface area contributed by atoms with Crippen LogP contribution in [-0.2, 0) is 0 Å². The number of benzene rings is 1. The molecule has 0 unspecified atom stereocenters.